The third-order valence-corrected chi connectivity index (χ3v) is 3.04. The standard InChI is InChI=1S/C18H17FN2O2/c1-13(22)21-17-9-4-14(5-10-17)6-11-18(23)20-12-15-2-7-16(19)8-3-15/h2-11H,12H2,1H3,(H,20,23)(H,21,22)/b11-6+. The average molecular weight is 312 g/mol. The van der Waals surface area contributed by atoms with E-state index in [9.17, 15) is 14.0 Å². The van der Waals surface area contributed by atoms with Crippen molar-refractivity contribution in [3.05, 3.63) is 71.6 Å². The molecule has 0 unspecified atom stereocenters. The predicted molar refractivity (Wildman–Crippen MR) is 88.0 cm³/mol. The minimum Gasteiger partial charge on any atom is -0.348 e. The molecule has 118 valence electrons. The van der Waals surface area contributed by atoms with Gasteiger partial charge in [0.2, 0.25) is 11.8 Å². The predicted octanol–water partition coefficient (Wildman–Crippen LogP) is 3.11. The SMILES string of the molecule is CC(=O)Nc1ccc(/C=C/C(=O)NCc2ccc(F)cc2)cc1. The van der Waals surface area contributed by atoms with Crippen LogP contribution in [0.5, 0.6) is 0 Å². The molecule has 0 aliphatic carbocycles. The number of anilines is 1. The Hall–Kier alpha value is -2.95. The van der Waals surface area contributed by atoms with Gasteiger partial charge in [0.15, 0.2) is 0 Å². The largest absolute Gasteiger partial charge is 0.348 e. The number of nitrogens with one attached hydrogen (secondary N) is 2. The van der Waals surface area contributed by atoms with Gasteiger partial charge in [-0.2, -0.15) is 0 Å². The number of rotatable bonds is 5. The molecule has 2 N–H and O–H groups in total. The first kappa shape index (κ1) is 16.4. The van der Waals surface area contributed by atoms with Crippen LogP contribution in [0.3, 0.4) is 0 Å². The molecule has 0 atom stereocenters. The summed E-state index contributed by atoms with van der Waals surface area (Å²) in [6.45, 7) is 1.78. The highest BCUT2D eigenvalue weighted by Gasteiger charge is 1.98. The van der Waals surface area contributed by atoms with Gasteiger partial charge in [-0.05, 0) is 41.5 Å². The first-order valence-corrected chi connectivity index (χ1v) is 7.11. The lowest BCUT2D eigenvalue weighted by Crippen LogP contribution is -2.20. The van der Waals surface area contributed by atoms with E-state index in [1.807, 2.05) is 0 Å². The smallest absolute Gasteiger partial charge is 0.244 e. The van der Waals surface area contributed by atoms with Gasteiger partial charge in [-0.25, -0.2) is 4.39 Å². The van der Waals surface area contributed by atoms with Crippen molar-refractivity contribution in [1.82, 2.24) is 5.32 Å². The van der Waals surface area contributed by atoms with E-state index >= 15 is 0 Å². The van der Waals surface area contributed by atoms with Crippen LogP contribution in [0.2, 0.25) is 0 Å². The lowest BCUT2D eigenvalue weighted by molar-refractivity contribution is -0.116. The summed E-state index contributed by atoms with van der Waals surface area (Å²) < 4.78 is 12.8. The molecule has 2 rings (SSSR count). The molecule has 0 spiro atoms. The van der Waals surface area contributed by atoms with E-state index in [1.54, 1.807) is 42.5 Å². The van der Waals surface area contributed by atoms with Crippen LogP contribution in [-0.4, -0.2) is 11.8 Å². The number of amides is 2. The fourth-order valence-electron chi connectivity index (χ4n) is 1.90. The van der Waals surface area contributed by atoms with Crippen molar-refractivity contribution in [2.24, 2.45) is 0 Å². The second-order valence-corrected chi connectivity index (χ2v) is 4.98. The summed E-state index contributed by atoms with van der Waals surface area (Å²) in [5.74, 6) is -0.670. The van der Waals surface area contributed by atoms with Gasteiger partial charge in [-0.15, -0.1) is 0 Å². The second-order valence-electron chi connectivity index (χ2n) is 4.98. The fraction of sp³-hybridized carbons (Fsp3) is 0.111. The van der Waals surface area contributed by atoms with Gasteiger partial charge in [0.1, 0.15) is 5.82 Å². The van der Waals surface area contributed by atoms with Crippen molar-refractivity contribution in [3.8, 4) is 0 Å². The maximum absolute atomic E-state index is 12.8. The van der Waals surface area contributed by atoms with Crippen molar-refractivity contribution < 1.29 is 14.0 Å². The molecule has 0 radical (unpaired) electrons. The first-order chi connectivity index (χ1) is 11.0. The zero-order valence-electron chi connectivity index (χ0n) is 12.7. The van der Waals surface area contributed by atoms with Gasteiger partial charge >= 0.3 is 0 Å². The first-order valence-electron chi connectivity index (χ1n) is 7.11. The van der Waals surface area contributed by atoms with Crippen LogP contribution in [-0.2, 0) is 16.1 Å². The van der Waals surface area contributed by atoms with Gasteiger partial charge in [-0.1, -0.05) is 24.3 Å². The number of carbonyl (C=O) groups excluding carboxylic acids is 2. The Bertz CT molecular complexity index is 707. The zero-order valence-corrected chi connectivity index (χ0v) is 12.7. The Kier molecular flexibility index (Phi) is 5.63. The molecule has 0 heterocycles. The normalized spacial score (nSPS) is 10.5. The summed E-state index contributed by atoms with van der Waals surface area (Å²) in [6.07, 6.45) is 3.11. The van der Waals surface area contributed by atoms with Crippen LogP contribution < -0.4 is 10.6 Å². The Morgan fingerprint density at radius 1 is 1.04 bits per heavy atom. The van der Waals surface area contributed by atoms with E-state index in [2.05, 4.69) is 10.6 Å². The quantitative estimate of drug-likeness (QED) is 0.833. The van der Waals surface area contributed by atoms with Crippen LogP contribution in [0.25, 0.3) is 6.08 Å². The molecular weight excluding hydrogens is 295 g/mol. The lowest BCUT2D eigenvalue weighted by atomic mass is 10.2. The highest BCUT2D eigenvalue weighted by atomic mass is 19.1. The van der Waals surface area contributed by atoms with Crippen LogP contribution >= 0.6 is 0 Å². The number of hydrogen-bond donors (Lipinski definition) is 2. The molecule has 0 saturated carbocycles. The van der Waals surface area contributed by atoms with Crippen LogP contribution in [0.4, 0.5) is 10.1 Å². The van der Waals surface area contributed by atoms with Gasteiger partial charge in [-0.3, -0.25) is 9.59 Å². The van der Waals surface area contributed by atoms with E-state index in [0.29, 0.717) is 12.2 Å². The summed E-state index contributed by atoms with van der Waals surface area (Å²) in [6, 6.07) is 13.1. The molecule has 0 bridgehead atoms. The Labute approximate surface area is 134 Å². The maximum atomic E-state index is 12.8. The van der Waals surface area contributed by atoms with E-state index in [0.717, 1.165) is 11.1 Å². The molecule has 2 amide bonds. The van der Waals surface area contributed by atoms with E-state index in [4.69, 9.17) is 0 Å². The van der Waals surface area contributed by atoms with E-state index in [-0.39, 0.29) is 17.6 Å². The number of benzene rings is 2. The topological polar surface area (TPSA) is 58.2 Å². The number of hydrogen-bond acceptors (Lipinski definition) is 2. The van der Waals surface area contributed by atoms with Gasteiger partial charge in [0.05, 0.1) is 0 Å². The Balaban J connectivity index is 1.85. The van der Waals surface area contributed by atoms with Gasteiger partial charge in [0, 0.05) is 25.2 Å². The van der Waals surface area contributed by atoms with Crippen molar-refractivity contribution in [2.45, 2.75) is 13.5 Å². The van der Waals surface area contributed by atoms with E-state index in [1.165, 1.54) is 25.1 Å². The molecule has 2 aromatic carbocycles. The van der Waals surface area contributed by atoms with Crippen LogP contribution in [0.1, 0.15) is 18.1 Å². The summed E-state index contributed by atoms with van der Waals surface area (Å²) >= 11 is 0. The van der Waals surface area contributed by atoms with Gasteiger partial charge in [0.25, 0.3) is 0 Å². The minimum absolute atomic E-state index is 0.131. The average Bonchev–Trinajstić information content (AvgIpc) is 2.53. The molecule has 23 heavy (non-hydrogen) atoms. The van der Waals surface area contributed by atoms with Gasteiger partial charge < -0.3 is 10.6 Å². The highest BCUT2D eigenvalue weighted by molar-refractivity contribution is 5.92. The molecule has 5 heteroatoms. The van der Waals surface area contributed by atoms with Crippen molar-refractivity contribution in [2.75, 3.05) is 5.32 Å². The summed E-state index contributed by atoms with van der Waals surface area (Å²) in [4.78, 5) is 22.7. The van der Waals surface area contributed by atoms with Crippen molar-refractivity contribution >= 4 is 23.6 Å². The summed E-state index contributed by atoms with van der Waals surface area (Å²) in [7, 11) is 0. The third kappa shape index (κ3) is 5.74. The second kappa shape index (κ2) is 7.89. The Morgan fingerprint density at radius 2 is 1.70 bits per heavy atom. The molecule has 0 aliphatic heterocycles. The zero-order chi connectivity index (χ0) is 16.7. The lowest BCUT2D eigenvalue weighted by Gasteiger charge is -2.03. The molecule has 0 aromatic heterocycles. The molecule has 0 saturated heterocycles. The highest BCUT2D eigenvalue weighted by Crippen LogP contribution is 2.10. The minimum atomic E-state index is -0.303. The molecule has 0 aliphatic rings. The third-order valence-electron chi connectivity index (χ3n) is 3.04. The van der Waals surface area contributed by atoms with Crippen LogP contribution in [0.15, 0.2) is 54.6 Å². The van der Waals surface area contributed by atoms with Crippen molar-refractivity contribution in [3.63, 3.8) is 0 Å². The molecule has 2 aromatic rings. The number of carbonyl (C=O) groups is 2. The Morgan fingerprint density at radius 3 is 2.30 bits per heavy atom. The van der Waals surface area contributed by atoms with Crippen LogP contribution in [0, 0.1) is 5.82 Å². The molecule has 0 fully saturated rings. The number of halogens is 1. The fourth-order valence-corrected chi connectivity index (χ4v) is 1.90. The summed E-state index contributed by atoms with van der Waals surface area (Å²) in [5.41, 5.74) is 2.37. The molecular formula is C18H17FN2O2. The van der Waals surface area contributed by atoms with E-state index < -0.39 is 0 Å². The maximum Gasteiger partial charge on any atom is 0.244 e. The summed E-state index contributed by atoms with van der Waals surface area (Å²) in [5, 5.41) is 5.39. The molecule has 4 nitrogen and oxygen atoms in total. The monoisotopic (exact) mass is 312 g/mol. The van der Waals surface area contributed by atoms with Crippen molar-refractivity contribution in [1.29, 1.82) is 0 Å².